The summed E-state index contributed by atoms with van der Waals surface area (Å²) in [5.41, 5.74) is 0. The first-order valence-electron chi connectivity index (χ1n) is 3.14. The third-order valence-electron chi connectivity index (χ3n) is 1.06. The molecule has 60 valence electrons. The van der Waals surface area contributed by atoms with Crippen molar-refractivity contribution in [3.63, 3.8) is 0 Å². The molecule has 0 aromatic heterocycles. The zero-order chi connectivity index (χ0) is 7.98. The van der Waals surface area contributed by atoms with Gasteiger partial charge in [0.15, 0.2) is 0 Å². The molecule has 0 aromatic rings. The molecule has 10 heavy (non-hydrogen) atoms. The zero-order valence-corrected chi connectivity index (χ0v) is 6.08. The van der Waals surface area contributed by atoms with E-state index in [1.165, 1.54) is 11.8 Å². The van der Waals surface area contributed by atoms with Crippen LogP contribution >= 0.6 is 0 Å². The molecule has 0 aromatic carbocycles. The predicted octanol–water partition coefficient (Wildman–Crippen LogP) is -1.18. The van der Waals surface area contributed by atoms with Crippen molar-refractivity contribution in [3.05, 3.63) is 0 Å². The normalized spacial score (nSPS) is 10.4. The smallest absolute Gasteiger partial charge is 0.143 e. The Labute approximate surface area is 60.1 Å². The van der Waals surface area contributed by atoms with Crippen molar-refractivity contribution < 1.29 is 15.0 Å². The third-order valence-corrected chi connectivity index (χ3v) is 1.06. The first kappa shape index (κ1) is 9.55. The van der Waals surface area contributed by atoms with E-state index < -0.39 is 0 Å². The molecule has 0 unspecified atom stereocenters. The Hall–Kier alpha value is -0.450. The van der Waals surface area contributed by atoms with E-state index in [9.17, 15) is 4.79 Å². The number of hydrogen-bond donors (Lipinski definition) is 2. The molecule has 2 N–H and O–H groups in total. The quantitative estimate of drug-likeness (QED) is 0.480. The molecule has 0 amide bonds. The van der Waals surface area contributed by atoms with Crippen molar-refractivity contribution in [3.8, 4) is 0 Å². The number of aliphatic hydroxyl groups excluding tert-OH is 2. The second-order valence-electron chi connectivity index (χ2n) is 2.12. The van der Waals surface area contributed by atoms with Gasteiger partial charge in [0, 0.05) is 6.54 Å². The van der Waals surface area contributed by atoms with Gasteiger partial charge in [0.05, 0.1) is 19.9 Å². The minimum Gasteiger partial charge on any atom is -0.395 e. The highest BCUT2D eigenvalue weighted by molar-refractivity contribution is 5.77. The number of Topliss-reactive ketones (excluding diaryl/α,β-unsaturated/α-hetero) is 1. The lowest BCUT2D eigenvalue weighted by molar-refractivity contribution is -0.119. The number of carbonyl (C=O) groups excluding carboxylic acids is 1. The van der Waals surface area contributed by atoms with Gasteiger partial charge in [-0.05, 0) is 6.92 Å². The van der Waals surface area contributed by atoms with Crippen molar-refractivity contribution >= 4 is 5.78 Å². The van der Waals surface area contributed by atoms with Crippen LogP contribution in [0.25, 0.3) is 0 Å². The summed E-state index contributed by atoms with van der Waals surface area (Å²) in [4.78, 5) is 11.9. The Morgan fingerprint density at radius 3 is 2.40 bits per heavy atom. The van der Waals surface area contributed by atoms with E-state index in [1.54, 1.807) is 0 Å². The Morgan fingerprint density at radius 2 is 2.10 bits per heavy atom. The number of aliphatic hydroxyl groups is 2. The number of rotatable bonds is 5. The summed E-state index contributed by atoms with van der Waals surface area (Å²) in [7, 11) is 0. The minimum atomic E-state index is -0.180. The second kappa shape index (κ2) is 5.34. The van der Waals surface area contributed by atoms with Gasteiger partial charge in [-0.3, -0.25) is 9.69 Å². The van der Waals surface area contributed by atoms with Crippen LogP contribution in [0, 0.1) is 0 Å². The number of hydrogen-bond acceptors (Lipinski definition) is 4. The molecule has 0 heterocycles. The standard InChI is InChI=1S/C6H13NO3/c1-6(10)4-7(5-9)2-3-8/h8-9H,2-5H2,1H3. The zero-order valence-electron chi connectivity index (χ0n) is 6.08. The van der Waals surface area contributed by atoms with Crippen molar-refractivity contribution in [2.45, 2.75) is 6.92 Å². The summed E-state index contributed by atoms with van der Waals surface area (Å²) in [6.45, 7) is 1.78. The summed E-state index contributed by atoms with van der Waals surface area (Å²) in [5.74, 6) is -0.0116. The lowest BCUT2D eigenvalue weighted by atomic mass is 10.4. The van der Waals surface area contributed by atoms with Crippen LogP contribution in [0.3, 0.4) is 0 Å². The maximum absolute atomic E-state index is 10.5. The van der Waals surface area contributed by atoms with Gasteiger partial charge in [-0.2, -0.15) is 0 Å². The highest BCUT2D eigenvalue weighted by atomic mass is 16.3. The molecular weight excluding hydrogens is 134 g/mol. The van der Waals surface area contributed by atoms with Crippen molar-refractivity contribution in [1.29, 1.82) is 0 Å². The molecule has 0 spiro atoms. The summed E-state index contributed by atoms with van der Waals surface area (Å²) < 4.78 is 0. The number of carbonyl (C=O) groups is 1. The van der Waals surface area contributed by atoms with Gasteiger partial charge >= 0.3 is 0 Å². The van der Waals surface area contributed by atoms with Gasteiger partial charge in [0.1, 0.15) is 5.78 Å². The van der Waals surface area contributed by atoms with Crippen molar-refractivity contribution in [1.82, 2.24) is 4.90 Å². The van der Waals surface area contributed by atoms with Gasteiger partial charge in [0.25, 0.3) is 0 Å². The first-order valence-corrected chi connectivity index (χ1v) is 3.14. The predicted molar refractivity (Wildman–Crippen MR) is 36.4 cm³/mol. The van der Waals surface area contributed by atoms with Gasteiger partial charge in [0.2, 0.25) is 0 Å². The Balaban J connectivity index is 3.49. The molecule has 4 heteroatoms. The first-order chi connectivity index (χ1) is 4.70. The van der Waals surface area contributed by atoms with E-state index in [2.05, 4.69) is 0 Å². The van der Waals surface area contributed by atoms with Crippen LogP contribution in [0.15, 0.2) is 0 Å². The fourth-order valence-corrected chi connectivity index (χ4v) is 0.656. The third kappa shape index (κ3) is 4.43. The lowest BCUT2D eigenvalue weighted by Crippen LogP contribution is -2.32. The fourth-order valence-electron chi connectivity index (χ4n) is 0.656. The van der Waals surface area contributed by atoms with E-state index in [0.29, 0.717) is 6.54 Å². The Bertz CT molecular complexity index is 105. The van der Waals surface area contributed by atoms with Gasteiger partial charge < -0.3 is 10.2 Å². The largest absolute Gasteiger partial charge is 0.395 e. The van der Waals surface area contributed by atoms with Crippen LogP contribution in [-0.2, 0) is 4.79 Å². The van der Waals surface area contributed by atoms with Crippen LogP contribution in [0.1, 0.15) is 6.92 Å². The highest BCUT2D eigenvalue weighted by Crippen LogP contribution is 1.84. The SMILES string of the molecule is CC(=O)CN(CO)CCO. The molecule has 0 aliphatic rings. The van der Waals surface area contributed by atoms with Crippen LogP contribution in [0.5, 0.6) is 0 Å². The van der Waals surface area contributed by atoms with Crippen LogP contribution < -0.4 is 0 Å². The van der Waals surface area contributed by atoms with E-state index in [-0.39, 0.29) is 25.7 Å². The van der Waals surface area contributed by atoms with Crippen LogP contribution in [-0.4, -0.2) is 47.3 Å². The summed E-state index contributed by atoms with van der Waals surface area (Å²) in [6.07, 6.45) is 0. The molecule has 0 radical (unpaired) electrons. The molecule has 0 aliphatic heterocycles. The summed E-state index contributed by atoms with van der Waals surface area (Å²) in [5, 5.41) is 17.0. The molecule has 0 rings (SSSR count). The second-order valence-corrected chi connectivity index (χ2v) is 2.12. The van der Waals surface area contributed by atoms with Gasteiger partial charge in [-0.15, -0.1) is 0 Å². The topological polar surface area (TPSA) is 60.8 Å². The van der Waals surface area contributed by atoms with Crippen LogP contribution in [0.2, 0.25) is 0 Å². The van der Waals surface area contributed by atoms with E-state index in [0.717, 1.165) is 0 Å². The molecule has 0 fully saturated rings. The molecular formula is C6H13NO3. The molecule has 0 aliphatic carbocycles. The Morgan fingerprint density at radius 1 is 1.50 bits per heavy atom. The highest BCUT2D eigenvalue weighted by Gasteiger charge is 2.03. The monoisotopic (exact) mass is 147 g/mol. The van der Waals surface area contributed by atoms with Gasteiger partial charge in [-0.25, -0.2) is 0 Å². The maximum atomic E-state index is 10.5. The number of ketones is 1. The average molecular weight is 147 g/mol. The molecule has 0 atom stereocenters. The van der Waals surface area contributed by atoms with E-state index in [1.807, 2.05) is 0 Å². The van der Waals surface area contributed by atoms with E-state index in [4.69, 9.17) is 10.2 Å². The Kier molecular flexibility index (Phi) is 5.10. The molecule has 0 saturated heterocycles. The maximum Gasteiger partial charge on any atom is 0.143 e. The number of nitrogens with zero attached hydrogens (tertiary/aromatic N) is 1. The van der Waals surface area contributed by atoms with Crippen LogP contribution in [0.4, 0.5) is 0 Å². The van der Waals surface area contributed by atoms with Gasteiger partial charge in [-0.1, -0.05) is 0 Å². The molecule has 0 bridgehead atoms. The minimum absolute atomic E-state index is 0.0116. The molecule has 0 saturated carbocycles. The summed E-state index contributed by atoms with van der Waals surface area (Å²) in [6, 6.07) is 0. The van der Waals surface area contributed by atoms with E-state index >= 15 is 0 Å². The van der Waals surface area contributed by atoms with Crippen molar-refractivity contribution in [2.75, 3.05) is 26.4 Å². The summed E-state index contributed by atoms with van der Waals surface area (Å²) >= 11 is 0. The average Bonchev–Trinajstić information content (AvgIpc) is 1.86. The fraction of sp³-hybridized carbons (Fsp3) is 0.833. The lowest BCUT2D eigenvalue weighted by Gasteiger charge is -2.15. The molecule has 4 nitrogen and oxygen atoms in total. The van der Waals surface area contributed by atoms with Crippen molar-refractivity contribution in [2.24, 2.45) is 0 Å².